The fourth-order valence-electron chi connectivity index (χ4n) is 0.221. The van der Waals surface area contributed by atoms with Crippen LogP contribution in [0.25, 0.3) is 0 Å². The van der Waals surface area contributed by atoms with E-state index in [9.17, 15) is 8.22 Å². The molecule has 2 nitrogen and oxygen atoms in total. The van der Waals surface area contributed by atoms with Crippen molar-refractivity contribution >= 4 is 8.74 Å². The van der Waals surface area contributed by atoms with Crippen LogP contribution in [0, 0.1) is 22.7 Å². The zero-order valence-electron chi connectivity index (χ0n) is 5.65. The van der Waals surface area contributed by atoms with Gasteiger partial charge in [-0.15, -0.1) is 0 Å². The van der Waals surface area contributed by atoms with Crippen molar-refractivity contribution in [2.45, 2.75) is 18.5 Å². The van der Waals surface area contributed by atoms with Crippen LogP contribution in [-0.2, 0) is 0 Å². The lowest BCUT2D eigenvalue weighted by atomic mass is 10.2. The van der Waals surface area contributed by atoms with Gasteiger partial charge in [-0.3, -0.25) is 8.22 Å². The van der Waals surface area contributed by atoms with E-state index < -0.39 is 13.8 Å². The highest BCUT2D eigenvalue weighted by Gasteiger charge is 2.52. The van der Waals surface area contributed by atoms with Crippen LogP contribution in [0.2, 0.25) is 11.6 Å². The monoisotopic (exact) mass is 160 g/mol. The molecule has 0 unspecified atom stereocenters. The lowest BCUT2D eigenvalue weighted by Crippen LogP contribution is -2.32. The Labute approximate surface area is 59.0 Å². The molecule has 0 heterocycles. The van der Waals surface area contributed by atoms with Gasteiger partial charge >= 0.3 is 8.74 Å². The van der Waals surface area contributed by atoms with Gasteiger partial charge in [-0.1, -0.05) is 0 Å². The third kappa shape index (κ3) is 1.31. The minimum absolute atomic E-state index is 0.694. The van der Waals surface area contributed by atoms with Gasteiger partial charge in [0.05, 0.1) is 12.1 Å². The lowest BCUT2D eigenvalue weighted by Gasteiger charge is -2.16. The Balaban J connectivity index is 4.77. The fraction of sp³-hybridized carbons (Fsp3) is 0.600. The van der Waals surface area contributed by atoms with Gasteiger partial charge in [0.2, 0.25) is 0 Å². The van der Waals surface area contributed by atoms with Gasteiger partial charge in [0, 0.05) is 0 Å². The highest BCUT2D eigenvalue weighted by molar-refractivity contribution is 6.69. The molecule has 0 rings (SSSR count). The number of rotatable bonds is 1. The van der Waals surface area contributed by atoms with Gasteiger partial charge in [0.25, 0.3) is 0 Å². The number of halogens is 2. The van der Waals surface area contributed by atoms with Crippen LogP contribution in [0.15, 0.2) is 0 Å². The van der Waals surface area contributed by atoms with Crippen molar-refractivity contribution in [1.82, 2.24) is 0 Å². The van der Waals surface area contributed by atoms with Gasteiger partial charge in [0.15, 0.2) is 5.04 Å². The van der Waals surface area contributed by atoms with Gasteiger partial charge in [0.1, 0.15) is 0 Å². The normalized spacial score (nSPS) is 11.8. The van der Waals surface area contributed by atoms with E-state index in [1.807, 2.05) is 0 Å². The first-order valence-corrected chi connectivity index (χ1v) is 4.83. The van der Waals surface area contributed by atoms with Gasteiger partial charge in [-0.2, -0.15) is 10.5 Å². The summed E-state index contributed by atoms with van der Waals surface area (Å²) in [6.45, 7) is 1.67. The maximum atomic E-state index is 12.5. The molecule has 0 aromatic carbocycles. The van der Waals surface area contributed by atoms with E-state index in [-0.39, 0.29) is 0 Å². The third-order valence-electron chi connectivity index (χ3n) is 1.33. The van der Waals surface area contributed by atoms with Crippen molar-refractivity contribution in [2.24, 2.45) is 0 Å². The van der Waals surface area contributed by atoms with Crippen molar-refractivity contribution in [1.29, 1.82) is 10.5 Å². The maximum absolute atomic E-state index is 12.5. The first kappa shape index (κ1) is 9.06. The van der Waals surface area contributed by atoms with E-state index >= 15 is 0 Å². The number of nitriles is 2. The fourth-order valence-corrected chi connectivity index (χ4v) is 0.614. The minimum atomic E-state index is -4.63. The summed E-state index contributed by atoms with van der Waals surface area (Å²) in [6, 6.07) is 2.64. The summed E-state index contributed by atoms with van der Waals surface area (Å²) in [5, 5.41) is 14.3. The van der Waals surface area contributed by atoms with Crippen LogP contribution in [0.5, 0.6) is 0 Å². The van der Waals surface area contributed by atoms with Gasteiger partial charge in [-0.05, 0) is 13.5 Å². The summed E-state index contributed by atoms with van der Waals surface area (Å²) in [5.74, 6) is 0. The molecule has 0 saturated carbocycles. The van der Waals surface area contributed by atoms with E-state index in [0.717, 1.165) is 6.92 Å². The molecule has 0 fully saturated rings. The van der Waals surface area contributed by atoms with Crippen LogP contribution in [0.3, 0.4) is 0 Å². The molecule has 0 amide bonds. The molecule has 10 heavy (non-hydrogen) atoms. The zero-order valence-corrected chi connectivity index (χ0v) is 6.65. The Hall–Kier alpha value is -0.943. The summed E-state index contributed by atoms with van der Waals surface area (Å²) < 4.78 is 24.9. The van der Waals surface area contributed by atoms with Crippen LogP contribution >= 0.6 is 0 Å². The van der Waals surface area contributed by atoms with Crippen LogP contribution < -0.4 is 0 Å². The van der Waals surface area contributed by atoms with E-state index in [2.05, 4.69) is 0 Å². The molecule has 0 bridgehead atoms. The molecule has 0 saturated heterocycles. The predicted octanol–water partition coefficient (Wildman–Crippen LogP) is 1.80. The predicted molar refractivity (Wildman–Crippen MR) is 33.4 cm³/mol. The number of hydrogen-bond donors (Lipinski definition) is 0. The van der Waals surface area contributed by atoms with Crippen molar-refractivity contribution in [2.75, 3.05) is 0 Å². The highest BCUT2D eigenvalue weighted by Crippen LogP contribution is 2.37. The molecule has 0 atom stereocenters. The molecule has 0 aliphatic heterocycles. The average Bonchev–Trinajstić information content (AvgIpc) is 1.84. The number of nitrogens with zero attached hydrogens (tertiary/aromatic N) is 2. The second-order valence-corrected chi connectivity index (χ2v) is 5.01. The zero-order chi connectivity index (χ0) is 8.41. The first-order chi connectivity index (χ1) is 4.37. The molecule has 0 radical (unpaired) electrons. The topological polar surface area (TPSA) is 47.6 Å². The standard InChI is InChI=1S/C5H6F2N2Si/c1-5(3-8,4-9)10(2,6)7/h1-2H3. The molecule has 0 spiro atoms. The largest absolute Gasteiger partial charge is 0.455 e. The Bertz CT molecular complexity index is 193. The van der Waals surface area contributed by atoms with Crippen LogP contribution in [-0.4, -0.2) is 8.74 Å². The van der Waals surface area contributed by atoms with E-state index in [1.165, 1.54) is 12.1 Å². The Morgan fingerprint density at radius 3 is 1.60 bits per heavy atom. The lowest BCUT2D eigenvalue weighted by molar-refractivity contribution is 0.565. The SMILES string of the molecule is CC(C#N)(C#N)[Si](C)(F)F. The molecule has 54 valence electrons. The molecule has 5 heteroatoms. The summed E-state index contributed by atoms with van der Waals surface area (Å²) in [5.41, 5.74) is 0. The van der Waals surface area contributed by atoms with Crippen molar-refractivity contribution in [3.8, 4) is 12.1 Å². The molecular weight excluding hydrogens is 154 g/mol. The summed E-state index contributed by atoms with van der Waals surface area (Å²) in [4.78, 5) is 0. The Morgan fingerprint density at radius 1 is 1.30 bits per heavy atom. The maximum Gasteiger partial charge on any atom is 0.455 e. The summed E-state index contributed by atoms with van der Waals surface area (Å²) in [7, 11) is -4.63. The minimum Gasteiger partial charge on any atom is -0.268 e. The quantitative estimate of drug-likeness (QED) is 0.433. The molecule has 0 aliphatic carbocycles. The van der Waals surface area contributed by atoms with Crippen molar-refractivity contribution in [3.63, 3.8) is 0 Å². The molecular formula is C5H6F2N2Si. The van der Waals surface area contributed by atoms with E-state index in [1.54, 1.807) is 0 Å². The second kappa shape index (κ2) is 2.35. The molecule has 0 aliphatic rings. The van der Waals surface area contributed by atoms with Gasteiger partial charge in [-0.25, -0.2) is 0 Å². The van der Waals surface area contributed by atoms with Gasteiger partial charge < -0.3 is 0 Å². The highest BCUT2D eigenvalue weighted by atomic mass is 28.4. The van der Waals surface area contributed by atoms with E-state index in [0.29, 0.717) is 6.55 Å². The average molecular weight is 160 g/mol. The molecule has 0 aromatic heterocycles. The third-order valence-corrected chi connectivity index (χ3v) is 3.30. The second-order valence-electron chi connectivity index (χ2n) is 2.24. The van der Waals surface area contributed by atoms with Crippen LogP contribution in [0.1, 0.15) is 6.92 Å². The summed E-state index contributed by atoms with van der Waals surface area (Å²) in [6.07, 6.45) is 0. The van der Waals surface area contributed by atoms with E-state index in [4.69, 9.17) is 10.5 Å². The summed E-state index contributed by atoms with van der Waals surface area (Å²) >= 11 is 0. The Morgan fingerprint density at radius 2 is 1.60 bits per heavy atom. The number of hydrogen-bond acceptors (Lipinski definition) is 2. The van der Waals surface area contributed by atoms with Crippen LogP contribution in [0.4, 0.5) is 8.22 Å². The smallest absolute Gasteiger partial charge is 0.268 e. The molecule has 0 N–H and O–H groups in total. The van der Waals surface area contributed by atoms with Crippen molar-refractivity contribution < 1.29 is 8.22 Å². The molecule has 0 aromatic rings. The van der Waals surface area contributed by atoms with Crippen molar-refractivity contribution in [3.05, 3.63) is 0 Å². The Kier molecular flexibility index (Phi) is 2.13. The first-order valence-electron chi connectivity index (χ1n) is 2.58.